The van der Waals surface area contributed by atoms with Gasteiger partial charge in [-0.2, -0.15) is 0 Å². The van der Waals surface area contributed by atoms with Gasteiger partial charge in [0.2, 0.25) is 0 Å². The van der Waals surface area contributed by atoms with Gasteiger partial charge in [-0.25, -0.2) is 0 Å². The van der Waals surface area contributed by atoms with Crippen LogP contribution in [0.25, 0.3) is 0 Å². The van der Waals surface area contributed by atoms with Crippen LogP contribution in [-0.4, -0.2) is 17.2 Å². The zero-order valence-electron chi connectivity index (χ0n) is 6.72. The van der Waals surface area contributed by atoms with Crippen LogP contribution in [0.2, 0.25) is 0 Å². The van der Waals surface area contributed by atoms with E-state index in [9.17, 15) is 0 Å². The van der Waals surface area contributed by atoms with Gasteiger partial charge in [0.25, 0.3) is 0 Å². The summed E-state index contributed by atoms with van der Waals surface area (Å²) in [5, 5.41) is 17.0. The summed E-state index contributed by atoms with van der Waals surface area (Å²) in [6.07, 6.45) is 2.47. The summed E-state index contributed by atoms with van der Waals surface area (Å²) < 4.78 is 0. The Morgan fingerprint density at radius 3 is 2.42 bits per heavy atom. The van der Waals surface area contributed by atoms with E-state index >= 15 is 0 Å². The first-order valence-electron chi connectivity index (χ1n) is 3.86. The monoisotopic (exact) mass is 162 g/mol. The van der Waals surface area contributed by atoms with E-state index in [-0.39, 0.29) is 0 Å². The molecule has 2 nitrogen and oxygen atoms in total. The zero-order valence-corrected chi connectivity index (χ0v) is 6.72. The molecule has 0 aliphatic rings. The van der Waals surface area contributed by atoms with Crippen molar-refractivity contribution in [3.05, 3.63) is 47.9 Å². The second-order valence-electron chi connectivity index (χ2n) is 2.53. The van der Waals surface area contributed by atoms with Crippen molar-refractivity contribution in [2.45, 2.75) is 6.42 Å². The van der Waals surface area contributed by atoms with E-state index in [0.29, 0.717) is 0 Å². The van der Waals surface area contributed by atoms with Crippen LogP contribution in [0, 0.1) is 0 Å². The molecule has 0 radical (unpaired) electrons. The highest BCUT2D eigenvalue weighted by Crippen LogP contribution is 1.99. The second-order valence-corrected chi connectivity index (χ2v) is 2.53. The maximum Gasteiger partial charge on any atom is 0.480 e. The Morgan fingerprint density at radius 2 is 1.83 bits per heavy atom. The molecular weight excluding hydrogens is 151 g/mol. The average molecular weight is 162 g/mol. The summed E-state index contributed by atoms with van der Waals surface area (Å²) in [6, 6.07) is 9.85. The zero-order chi connectivity index (χ0) is 8.81. The van der Waals surface area contributed by atoms with Crippen molar-refractivity contribution >= 4 is 7.12 Å². The van der Waals surface area contributed by atoms with Crippen molar-refractivity contribution < 1.29 is 10.0 Å². The third-order valence-corrected chi connectivity index (χ3v) is 1.50. The largest absolute Gasteiger partial charge is 0.480 e. The molecule has 1 aromatic carbocycles. The summed E-state index contributed by atoms with van der Waals surface area (Å²) in [6.45, 7) is 0. The van der Waals surface area contributed by atoms with Crippen molar-refractivity contribution in [2.75, 3.05) is 0 Å². The fraction of sp³-hybridized carbons (Fsp3) is 0.111. The fourth-order valence-corrected chi connectivity index (χ4v) is 0.940. The highest BCUT2D eigenvalue weighted by Gasteiger charge is 1.96. The Kier molecular flexibility index (Phi) is 3.58. The van der Waals surface area contributed by atoms with Crippen LogP contribution in [-0.2, 0) is 6.42 Å². The van der Waals surface area contributed by atoms with Crippen LogP contribution in [0.3, 0.4) is 0 Å². The predicted molar refractivity (Wildman–Crippen MR) is 49.5 cm³/mol. The van der Waals surface area contributed by atoms with Gasteiger partial charge in [-0.3, -0.25) is 0 Å². The molecule has 0 fully saturated rings. The van der Waals surface area contributed by atoms with Crippen LogP contribution in [0.4, 0.5) is 0 Å². The molecule has 0 spiro atoms. The van der Waals surface area contributed by atoms with Crippen LogP contribution < -0.4 is 0 Å². The quantitative estimate of drug-likeness (QED) is 0.645. The van der Waals surface area contributed by atoms with E-state index in [2.05, 4.69) is 0 Å². The molecule has 0 aromatic heterocycles. The standard InChI is InChI=1S/C9H11BO2/c11-10(12)8-4-7-9-5-2-1-3-6-9/h1-6,8,11-12H,7H2. The van der Waals surface area contributed by atoms with Crippen molar-refractivity contribution in [1.82, 2.24) is 0 Å². The summed E-state index contributed by atoms with van der Waals surface area (Å²) in [5.74, 6) is 1.35. The molecule has 0 bridgehead atoms. The minimum absolute atomic E-state index is 0.735. The first-order chi connectivity index (χ1) is 5.79. The molecule has 0 unspecified atom stereocenters. The van der Waals surface area contributed by atoms with Crippen molar-refractivity contribution in [2.24, 2.45) is 0 Å². The summed E-state index contributed by atoms with van der Waals surface area (Å²) >= 11 is 0. The first kappa shape index (κ1) is 9.04. The molecule has 0 saturated carbocycles. The number of hydrogen-bond acceptors (Lipinski definition) is 2. The SMILES string of the molecule is OB(O)C=CCc1ccccc1. The maximum absolute atomic E-state index is 8.50. The molecule has 3 heteroatoms. The van der Waals surface area contributed by atoms with Crippen LogP contribution >= 0.6 is 0 Å². The smallest absolute Gasteiger partial charge is 0.424 e. The van der Waals surface area contributed by atoms with Gasteiger partial charge in [0.1, 0.15) is 0 Å². The third-order valence-electron chi connectivity index (χ3n) is 1.50. The first-order valence-corrected chi connectivity index (χ1v) is 3.86. The molecule has 0 saturated heterocycles. The molecule has 2 N–H and O–H groups in total. The van der Waals surface area contributed by atoms with Gasteiger partial charge in [-0.05, 0) is 12.0 Å². The van der Waals surface area contributed by atoms with Gasteiger partial charge in [-0.1, -0.05) is 42.4 Å². The third kappa shape index (κ3) is 3.37. The lowest BCUT2D eigenvalue weighted by Crippen LogP contribution is -2.05. The minimum atomic E-state index is -1.34. The van der Waals surface area contributed by atoms with E-state index in [1.807, 2.05) is 30.3 Å². The normalized spacial score (nSPS) is 10.5. The number of hydrogen-bond donors (Lipinski definition) is 2. The van der Waals surface area contributed by atoms with Gasteiger partial charge in [0.15, 0.2) is 0 Å². The van der Waals surface area contributed by atoms with Gasteiger partial charge >= 0.3 is 7.12 Å². The molecule has 62 valence electrons. The Hall–Kier alpha value is -1.06. The Labute approximate surface area is 72.3 Å². The minimum Gasteiger partial charge on any atom is -0.424 e. The lowest BCUT2D eigenvalue weighted by molar-refractivity contribution is 0.424. The summed E-state index contributed by atoms with van der Waals surface area (Å²) in [4.78, 5) is 0. The van der Waals surface area contributed by atoms with Gasteiger partial charge < -0.3 is 10.0 Å². The second kappa shape index (κ2) is 4.75. The molecule has 0 heterocycles. The molecule has 0 atom stereocenters. The Morgan fingerprint density at radius 1 is 1.17 bits per heavy atom. The van der Waals surface area contributed by atoms with Gasteiger partial charge in [-0.15, -0.1) is 0 Å². The molecule has 0 amide bonds. The van der Waals surface area contributed by atoms with E-state index in [4.69, 9.17) is 10.0 Å². The molecule has 12 heavy (non-hydrogen) atoms. The van der Waals surface area contributed by atoms with Crippen molar-refractivity contribution in [3.8, 4) is 0 Å². The van der Waals surface area contributed by atoms with Crippen LogP contribution in [0.5, 0.6) is 0 Å². The maximum atomic E-state index is 8.50. The topological polar surface area (TPSA) is 40.5 Å². The van der Waals surface area contributed by atoms with Crippen molar-refractivity contribution in [1.29, 1.82) is 0 Å². The van der Waals surface area contributed by atoms with Gasteiger partial charge in [0, 0.05) is 0 Å². The Balaban J connectivity index is 2.43. The number of allylic oxidation sites excluding steroid dienone is 1. The van der Waals surface area contributed by atoms with E-state index in [1.54, 1.807) is 6.08 Å². The predicted octanol–water partition coefficient (Wildman–Crippen LogP) is 0.797. The molecular formula is C9H11BO2. The number of rotatable bonds is 3. The van der Waals surface area contributed by atoms with Crippen LogP contribution in [0.1, 0.15) is 5.56 Å². The lowest BCUT2D eigenvalue weighted by atomic mass is 9.91. The molecule has 0 aliphatic heterocycles. The lowest BCUT2D eigenvalue weighted by Gasteiger charge is -1.93. The van der Waals surface area contributed by atoms with E-state index in [1.165, 1.54) is 5.98 Å². The molecule has 0 aliphatic carbocycles. The van der Waals surface area contributed by atoms with E-state index < -0.39 is 7.12 Å². The highest BCUT2D eigenvalue weighted by atomic mass is 16.4. The van der Waals surface area contributed by atoms with Gasteiger partial charge in [0.05, 0.1) is 0 Å². The fourth-order valence-electron chi connectivity index (χ4n) is 0.940. The van der Waals surface area contributed by atoms with Crippen LogP contribution in [0.15, 0.2) is 42.4 Å². The number of benzene rings is 1. The molecule has 1 rings (SSSR count). The van der Waals surface area contributed by atoms with E-state index in [0.717, 1.165) is 12.0 Å². The average Bonchev–Trinajstić information content (AvgIpc) is 2.05. The highest BCUT2D eigenvalue weighted by molar-refractivity contribution is 6.47. The molecule has 1 aromatic rings. The Bertz CT molecular complexity index is 244. The summed E-state index contributed by atoms with van der Waals surface area (Å²) in [7, 11) is -1.34. The van der Waals surface area contributed by atoms with Crippen molar-refractivity contribution in [3.63, 3.8) is 0 Å². The summed E-state index contributed by atoms with van der Waals surface area (Å²) in [5.41, 5.74) is 1.16.